The standard InChI is InChI=1S/C29H35ClN6O3/c30-23-16-24(35-13-4-2-1-3-8-25(32)37)28(39)22(27(23)20-6-5-7-21(31)14-20)15-26(38)36-17-18-9-11-19(12-10-18)29(33)34/h5-7,9-12,14,16,35,39H,1-4,8,13,15,17,31H2,(H2,32,37)(H3,33,34)(H,36,38). The first-order chi connectivity index (χ1) is 18.7. The van der Waals surface area contributed by atoms with Gasteiger partial charge in [0.25, 0.3) is 0 Å². The number of nitrogen functional groups attached to an aromatic ring is 2. The number of nitrogens with two attached hydrogens (primary N) is 3. The molecule has 0 spiro atoms. The Morgan fingerprint density at radius 3 is 2.36 bits per heavy atom. The molecule has 206 valence electrons. The van der Waals surface area contributed by atoms with E-state index in [2.05, 4.69) is 10.6 Å². The molecule has 0 bridgehead atoms. The number of phenols is 1. The number of primary amides is 1. The van der Waals surface area contributed by atoms with Gasteiger partial charge in [-0.25, -0.2) is 0 Å². The molecule has 2 amide bonds. The van der Waals surface area contributed by atoms with Crippen molar-refractivity contribution in [3.8, 4) is 16.9 Å². The lowest BCUT2D eigenvalue weighted by Gasteiger charge is -2.18. The van der Waals surface area contributed by atoms with Gasteiger partial charge in [-0.2, -0.15) is 0 Å². The maximum absolute atomic E-state index is 13.0. The number of aromatic hydroxyl groups is 1. The molecular formula is C29H35ClN6O3. The lowest BCUT2D eigenvalue weighted by atomic mass is 9.95. The quantitative estimate of drug-likeness (QED) is 0.0516. The molecule has 39 heavy (non-hydrogen) atoms. The lowest BCUT2D eigenvalue weighted by Crippen LogP contribution is -2.25. The Morgan fingerprint density at radius 1 is 0.974 bits per heavy atom. The van der Waals surface area contributed by atoms with Gasteiger partial charge in [0, 0.05) is 41.9 Å². The number of phenolic OH excluding ortho intramolecular Hbond substituents is 1. The normalized spacial score (nSPS) is 10.7. The van der Waals surface area contributed by atoms with E-state index in [1.54, 1.807) is 48.5 Å². The highest BCUT2D eigenvalue weighted by Gasteiger charge is 2.21. The second-order valence-corrected chi connectivity index (χ2v) is 9.76. The Balaban J connectivity index is 1.76. The Bertz CT molecular complexity index is 1330. The number of halogens is 1. The first kappa shape index (κ1) is 29.3. The number of carbonyl (C=O) groups is 2. The van der Waals surface area contributed by atoms with Crippen LogP contribution >= 0.6 is 11.6 Å². The van der Waals surface area contributed by atoms with E-state index >= 15 is 0 Å². The van der Waals surface area contributed by atoms with Crippen molar-refractivity contribution in [2.75, 3.05) is 17.6 Å². The average molecular weight is 551 g/mol. The van der Waals surface area contributed by atoms with Crippen LogP contribution < -0.4 is 27.8 Å². The summed E-state index contributed by atoms with van der Waals surface area (Å²) in [6.45, 7) is 0.854. The van der Waals surface area contributed by atoms with Crippen molar-refractivity contribution in [2.24, 2.45) is 11.5 Å². The zero-order chi connectivity index (χ0) is 28.4. The summed E-state index contributed by atoms with van der Waals surface area (Å²) in [7, 11) is 0. The first-order valence-corrected chi connectivity index (χ1v) is 13.2. The molecule has 0 saturated heterocycles. The molecule has 0 aliphatic rings. The monoisotopic (exact) mass is 550 g/mol. The second-order valence-electron chi connectivity index (χ2n) is 9.35. The van der Waals surface area contributed by atoms with Crippen LogP contribution in [0.4, 0.5) is 11.4 Å². The highest BCUT2D eigenvalue weighted by Crippen LogP contribution is 2.42. The number of hydrogen-bond acceptors (Lipinski definition) is 6. The molecule has 0 aliphatic heterocycles. The van der Waals surface area contributed by atoms with Crippen LogP contribution in [0.2, 0.25) is 5.02 Å². The second kappa shape index (κ2) is 14.1. The van der Waals surface area contributed by atoms with Crippen LogP contribution in [0.25, 0.3) is 11.1 Å². The molecule has 9 nitrogen and oxygen atoms in total. The van der Waals surface area contributed by atoms with Crippen molar-refractivity contribution >= 4 is 40.6 Å². The van der Waals surface area contributed by atoms with Crippen LogP contribution in [-0.2, 0) is 22.6 Å². The van der Waals surface area contributed by atoms with E-state index < -0.39 is 0 Å². The van der Waals surface area contributed by atoms with E-state index in [1.807, 2.05) is 6.07 Å². The molecule has 0 heterocycles. The highest BCUT2D eigenvalue weighted by molar-refractivity contribution is 6.34. The van der Waals surface area contributed by atoms with E-state index in [0.29, 0.717) is 51.6 Å². The molecule has 0 atom stereocenters. The van der Waals surface area contributed by atoms with Crippen LogP contribution in [0, 0.1) is 5.41 Å². The van der Waals surface area contributed by atoms with Gasteiger partial charge in [0.2, 0.25) is 11.8 Å². The number of rotatable bonds is 14. The van der Waals surface area contributed by atoms with Gasteiger partial charge in [-0.3, -0.25) is 15.0 Å². The summed E-state index contributed by atoms with van der Waals surface area (Å²) in [4.78, 5) is 23.9. The molecule has 0 radical (unpaired) electrons. The number of hydrogen-bond donors (Lipinski definition) is 7. The molecule has 0 fully saturated rings. The number of unbranched alkanes of at least 4 members (excludes halogenated alkanes) is 3. The number of benzene rings is 3. The molecule has 0 aliphatic carbocycles. The number of anilines is 2. The molecule has 0 aromatic heterocycles. The number of carbonyl (C=O) groups excluding carboxylic acids is 2. The maximum atomic E-state index is 13.0. The summed E-state index contributed by atoms with van der Waals surface area (Å²) in [5.74, 6) is -0.667. The van der Waals surface area contributed by atoms with Crippen LogP contribution in [0.15, 0.2) is 54.6 Å². The molecular weight excluding hydrogens is 516 g/mol. The molecule has 10 heteroatoms. The van der Waals surface area contributed by atoms with Gasteiger partial charge >= 0.3 is 0 Å². The summed E-state index contributed by atoms with van der Waals surface area (Å²) in [6, 6.07) is 15.8. The predicted octanol–water partition coefficient (Wildman–Crippen LogP) is 4.29. The van der Waals surface area contributed by atoms with Crippen molar-refractivity contribution in [2.45, 2.75) is 45.1 Å². The zero-order valence-corrected chi connectivity index (χ0v) is 22.5. The smallest absolute Gasteiger partial charge is 0.224 e. The fourth-order valence-corrected chi connectivity index (χ4v) is 4.56. The first-order valence-electron chi connectivity index (χ1n) is 12.8. The molecule has 3 rings (SSSR count). The highest BCUT2D eigenvalue weighted by atomic mass is 35.5. The summed E-state index contributed by atoms with van der Waals surface area (Å²) in [5, 5.41) is 25.2. The van der Waals surface area contributed by atoms with Crippen LogP contribution in [0.3, 0.4) is 0 Å². The van der Waals surface area contributed by atoms with Crippen LogP contribution in [0.1, 0.15) is 48.8 Å². The van der Waals surface area contributed by atoms with Gasteiger partial charge in [0.15, 0.2) is 0 Å². The third-order valence-electron chi connectivity index (χ3n) is 6.29. The van der Waals surface area contributed by atoms with Crippen LogP contribution in [0.5, 0.6) is 5.75 Å². The van der Waals surface area contributed by atoms with Crippen LogP contribution in [-0.4, -0.2) is 29.3 Å². The fraction of sp³-hybridized carbons (Fsp3) is 0.276. The Hall–Kier alpha value is -4.24. The third kappa shape index (κ3) is 8.65. The van der Waals surface area contributed by atoms with Gasteiger partial charge in [-0.05, 0) is 42.2 Å². The number of amidine groups is 1. The maximum Gasteiger partial charge on any atom is 0.224 e. The Morgan fingerprint density at radius 2 is 1.69 bits per heavy atom. The summed E-state index contributed by atoms with van der Waals surface area (Å²) >= 11 is 6.71. The minimum absolute atomic E-state index is 0.0245. The van der Waals surface area contributed by atoms with E-state index in [1.165, 1.54) is 0 Å². The average Bonchev–Trinajstić information content (AvgIpc) is 2.89. The van der Waals surface area contributed by atoms with E-state index in [9.17, 15) is 14.7 Å². The largest absolute Gasteiger partial charge is 0.505 e. The summed E-state index contributed by atoms with van der Waals surface area (Å²) in [5.41, 5.74) is 20.7. The molecule has 0 unspecified atom stereocenters. The van der Waals surface area contributed by atoms with Crippen molar-refractivity contribution < 1.29 is 14.7 Å². The molecule has 3 aromatic rings. The Labute approximate surface area is 233 Å². The molecule has 10 N–H and O–H groups in total. The lowest BCUT2D eigenvalue weighted by molar-refractivity contribution is -0.120. The fourth-order valence-electron chi connectivity index (χ4n) is 4.23. The van der Waals surface area contributed by atoms with Crippen molar-refractivity contribution in [3.63, 3.8) is 0 Å². The van der Waals surface area contributed by atoms with Gasteiger partial charge in [-0.15, -0.1) is 0 Å². The van der Waals surface area contributed by atoms with Crippen molar-refractivity contribution in [3.05, 3.63) is 76.3 Å². The van der Waals surface area contributed by atoms with Gasteiger partial charge in [0.1, 0.15) is 11.6 Å². The minimum atomic E-state index is -0.297. The number of amides is 2. The van der Waals surface area contributed by atoms with Crippen molar-refractivity contribution in [1.82, 2.24) is 5.32 Å². The topological polar surface area (TPSA) is 180 Å². The number of nitrogens with one attached hydrogen (secondary N) is 3. The molecule has 0 saturated carbocycles. The van der Waals surface area contributed by atoms with E-state index in [4.69, 9.17) is 34.2 Å². The Kier molecular flexibility index (Phi) is 10.6. The zero-order valence-electron chi connectivity index (χ0n) is 21.7. The van der Waals surface area contributed by atoms with Gasteiger partial charge < -0.3 is 32.9 Å². The summed E-state index contributed by atoms with van der Waals surface area (Å²) < 4.78 is 0. The third-order valence-corrected chi connectivity index (χ3v) is 6.58. The van der Waals surface area contributed by atoms with Crippen molar-refractivity contribution in [1.29, 1.82) is 5.41 Å². The molecule has 3 aromatic carbocycles. The van der Waals surface area contributed by atoms with E-state index in [-0.39, 0.29) is 36.4 Å². The van der Waals surface area contributed by atoms with Gasteiger partial charge in [-0.1, -0.05) is 60.8 Å². The minimum Gasteiger partial charge on any atom is -0.505 e. The summed E-state index contributed by atoms with van der Waals surface area (Å²) in [6.07, 6.45) is 3.63. The predicted molar refractivity (Wildman–Crippen MR) is 157 cm³/mol. The SMILES string of the molecule is N=C(N)c1ccc(CNC(=O)Cc2c(O)c(NCCCCCCC(N)=O)cc(Cl)c2-c2cccc(N)c2)cc1. The van der Waals surface area contributed by atoms with E-state index in [0.717, 1.165) is 31.2 Å². The van der Waals surface area contributed by atoms with Gasteiger partial charge in [0.05, 0.1) is 17.1 Å².